The Morgan fingerprint density at radius 2 is 2.07 bits per heavy atom. The molecule has 0 N–H and O–H groups in total. The second-order valence-electron chi connectivity index (χ2n) is 4.49. The van der Waals surface area contributed by atoms with Gasteiger partial charge in [0, 0.05) is 39.6 Å². The van der Waals surface area contributed by atoms with E-state index in [2.05, 4.69) is 4.90 Å². The fourth-order valence-corrected chi connectivity index (χ4v) is 1.83. The first-order chi connectivity index (χ1) is 6.59. The Morgan fingerprint density at radius 1 is 1.36 bits per heavy atom. The quantitative estimate of drug-likeness (QED) is 0.653. The summed E-state index contributed by atoms with van der Waals surface area (Å²) in [6.07, 6.45) is 1.94. The maximum atomic E-state index is 13.5. The summed E-state index contributed by atoms with van der Waals surface area (Å²) in [5, 5.41) is 0. The molecule has 3 nitrogen and oxygen atoms in total. The van der Waals surface area contributed by atoms with Gasteiger partial charge in [-0.05, 0) is 12.8 Å². The molecule has 0 radical (unpaired) electrons. The van der Waals surface area contributed by atoms with E-state index in [9.17, 15) is 9.18 Å². The van der Waals surface area contributed by atoms with Gasteiger partial charge in [0.1, 0.15) is 5.67 Å². The van der Waals surface area contributed by atoms with Gasteiger partial charge in [0.25, 0.3) is 0 Å². The number of likely N-dealkylation sites (N-methyl/N-ethyl adjacent to an activating group) is 1. The van der Waals surface area contributed by atoms with E-state index in [0.29, 0.717) is 25.8 Å². The standard InChI is InChI=1S/C10H17FN2O/c1-12-6-7-13(5-2-9(12)14)8-10(11)3-4-10/h2-8H2,1H3. The van der Waals surface area contributed by atoms with Gasteiger partial charge in [-0.25, -0.2) is 4.39 Å². The summed E-state index contributed by atoms with van der Waals surface area (Å²) >= 11 is 0. The van der Waals surface area contributed by atoms with Crippen LogP contribution in [0.15, 0.2) is 0 Å². The lowest BCUT2D eigenvalue weighted by Crippen LogP contribution is -2.34. The van der Waals surface area contributed by atoms with Crippen molar-refractivity contribution >= 4 is 5.91 Å². The zero-order valence-corrected chi connectivity index (χ0v) is 8.63. The van der Waals surface area contributed by atoms with Crippen LogP contribution in [0.5, 0.6) is 0 Å². The van der Waals surface area contributed by atoms with Crippen molar-refractivity contribution in [2.45, 2.75) is 24.9 Å². The zero-order valence-electron chi connectivity index (χ0n) is 8.63. The van der Waals surface area contributed by atoms with Crippen LogP contribution in [0.1, 0.15) is 19.3 Å². The smallest absolute Gasteiger partial charge is 0.223 e. The molecule has 1 amide bonds. The lowest BCUT2D eigenvalue weighted by molar-refractivity contribution is -0.129. The maximum absolute atomic E-state index is 13.5. The van der Waals surface area contributed by atoms with Gasteiger partial charge in [-0.2, -0.15) is 0 Å². The molecule has 0 aromatic heterocycles. The molecule has 2 rings (SSSR count). The van der Waals surface area contributed by atoms with E-state index in [4.69, 9.17) is 0 Å². The summed E-state index contributed by atoms with van der Waals surface area (Å²) in [4.78, 5) is 15.2. The Balaban J connectivity index is 1.85. The van der Waals surface area contributed by atoms with Gasteiger partial charge >= 0.3 is 0 Å². The fourth-order valence-electron chi connectivity index (χ4n) is 1.83. The number of amides is 1. The van der Waals surface area contributed by atoms with Gasteiger partial charge in [-0.1, -0.05) is 0 Å². The largest absolute Gasteiger partial charge is 0.344 e. The molecule has 0 aromatic carbocycles. The molecular formula is C10H17FN2O. The molecule has 0 aromatic rings. The molecule has 14 heavy (non-hydrogen) atoms. The van der Waals surface area contributed by atoms with Crippen LogP contribution in [0.4, 0.5) is 4.39 Å². The summed E-state index contributed by atoms with van der Waals surface area (Å²) in [5.41, 5.74) is -0.925. The Bertz CT molecular complexity index is 240. The molecule has 0 unspecified atom stereocenters. The van der Waals surface area contributed by atoms with E-state index in [1.165, 1.54) is 0 Å². The van der Waals surface area contributed by atoms with Crippen molar-refractivity contribution < 1.29 is 9.18 Å². The SMILES string of the molecule is CN1CCN(CC2(F)CC2)CCC1=O. The normalized spacial score (nSPS) is 27.6. The van der Waals surface area contributed by atoms with Crippen molar-refractivity contribution in [3.8, 4) is 0 Å². The van der Waals surface area contributed by atoms with Gasteiger partial charge in [0.05, 0.1) is 0 Å². The maximum Gasteiger partial charge on any atom is 0.223 e. The molecule has 1 aliphatic carbocycles. The summed E-state index contributed by atoms with van der Waals surface area (Å²) in [7, 11) is 1.81. The van der Waals surface area contributed by atoms with Crippen LogP contribution in [0.3, 0.4) is 0 Å². The molecule has 1 aliphatic heterocycles. The van der Waals surface area contributed by atoms with E-state index < -0.39 is 5.67 Å². The first kappa shape index (κ1) is 9.90. The molecule has 80 valence electrons. The van der Waals surface area contributed by atoms with Gasteiger partial charge < -0.3 is 4.90 Å². The number of nitrogens with zero attached hydrogens (tertiary/aromatic N) is 2. The van der Waals surface area contributed by atoms with Crippen molar-refractivity contribution in [2.75, 3.05) is 33.2 Å². The van der Waals surface area contributed by atoms with Gasteiger partial charge in [-0.15, -0.1) is 0 Å². The van der Waals surface area contributed by atoms with E-state index >= 15 is 0 Å². The molecule has 1 saturated heterocycles. The average molecular weight is 200 g/mol. The van der Waals surface area contributed by atoms with Crippen LogP contribution in [-0.4, -0.2) is 54.6 Å². The molecular weight excluding hydrogens is 183 g/mol. The van der Waals surface area contributed by atoms with Gasteiger partial charge in [0.15, 0.2) is 0 Å². The Labute approximate surface area is 83.9 Å². The number of hydrogen-bond acceptors (Lipinski definition) is 2. The minimum Gasteiger partial charge on any atom is -0.344 e. The monoisotopic (exact) mass is 200 g/mol. The van der Waals surface area contributed by atoms with E-state index in [0.717, 1.165) is 19.6 Å². The lowest BCUT2D eigenvalue weighted by atomic mass is 10.3. The second kappa shape index (κ2) is 3.50. The van der Waals surface area contributed by atoms with Crippen LogP contribution >= 0.6 is 0 Å². The second-order valence-corrected chi connectivity index (χ2v) is 4.49. The number of alkyl halides is 1. The number of hydrogen-bond donors (Lipinski definition) is 0. The van der Waals surface area contributed by atoms with Gasteiger partial charge in [0.2, 0.25) is 5.91 Å². The molecule has 2 aliphatic rings. The van der Waals surface area contributed by atoms with E-state index in [1.807, 2.05) is 7.05 Å². The third-order valence-corrected chi connectivity index (χ3v) is 3.12. The van der Waals surface area contributed by atoms with Crippen LogP contribution in [0.25, 0.3) is 0 Å². The summed E-state index contributed by atoms with van der Waals surface area (Å²) < 4.78 is 13.5. The highest BCUT2D eigenvalue weighted by Gasteiger charge is 2.44. The minimum absolute atomic E-state index is 0.177. The fraction of sp³-hybridized carbons (Fsp3) is 0.900. The predicted octanol–water partition coefficient (Wildman–Crippen LogP) is 0.653. The van der Waals surface area contributed by atoms with Crippen LogP contribution < -0.4 is 0 Å². The third-order valence-electron chi connectivity index (χ3n) is 3.12. The highest BCUT2D eigenvalue weighted by atomic mass is 19.1. The molecule has 4 heteroatoms. The third kappa shape index (κ3) is 2.23. The molecule has 0 atom stereocenters. The predicted molar refractivity (Wildman–Crippen MR) is 51.8 cm³/mol. The first-order valence-electron chi connectivity index (χ1n) is 5.24. The van der Waals surface area contributed by atoms with Crippen LogP contribution in [-0.2, 0) is 4.79 Å². The van der Waals surface area contributed by atoms with Gasteiger partial charge in [-0.3, -0.25) is 9.69 Å². The topological polar surface area (TPSA) is 23.6 Å². The molecule has 0 bridgehead atoms. The van der Waals surface area contributed by atoms with E-state index in [1.54, 1.807) is 4.90 Å². The molecule has 1 heterocycles. The van der Waals surface area contributed by atoms with Crippen molar-refractivity contribution in [1.29, 1.82) is 0 Å². The van der Waals surface area contributed by atoms with Crippen molar-refractivity contribution in [2.24, 2.45) is 0 Å². The number of carbonyl (C=O) groups excluding carboxylic acids is 1. The highest BCUT2D eigenvalue weighted by Crippen LogP contribution is 2.40. The Hall–Kier alpha value is -0.640. The summed E-state index contributed by atoms with van der Waals surface area (Å²) in [6.45, 7) is 2.78. The molecule has 1 saturated carbocycles. The van der Waals surface area contributed by atoms with Crippen molar-refractivity contribution in [3.05, 3.63) is 0 Å². The number of rotatable bonds is 2. The summed E-state index contributed by atoms with van der Waals surface area (Å²) in [5.74, 6) is 0.177. The zero-order chi connectivity index (χ0) is 10.2. The highest BCUT2D eigenvalue weighted by molar-refractivity contribution is 5.76. The van der Waals surface area contributed by atoms with E-state index in [-0.39, 0.29) is 5.91 Å². The molecule has 0 spiro atoms. The van der Waals surface area contributed by atoms with Crippen LogP contribution in [0.2, 0.25) is 0 Å². The summed E-state index contributed by atoms with van der Waals surface area (Å²) in [6, 6.07) is 0. The van der Waals surface area contributed by atoms with Crippen molar-refractivity contribution in [3.63, 3.8) is 0 Å². The number of halogens is 1. The Morgan fingerprint density at radius 3 is 2.71 bits per heavy atom. The minimum atomic E-state index is -0.925. The van der Waals surface area contributed by atoms with Crippen molar-refractivity contribution in [1.82, 2.24) is 9.80 Å². The Kier molecular flexibility index (Phi) is 2.47. The lowest BCUT2D eigenvalue weighted by Gasteiger charge is -2.21. The average Bonchev–Trinajstić information content (AvgIpc) is 2.88. The molecule has 2 fully saturated rings. The number of carbonyl (C=O) groups is 1. The first-order valence-corrected chi connectivity index (χ1v) is 5.24. The van der Waals surface area contributed by atoms with Crippen LogP contribution in [0, 0.1) is 0 Å².